The van der Waals surface area contributed by atoms with Crippen LogP contribution in [0.2, 0.25) is 0 Å². The van der Waals surface area contributed by atoms with Crippen LogP contribution in [0.4, 0.5) is 0 Å². The van der Waals surface area contributed by atoms with Crippen LogP contribution in [0.25, 0.3) is 0 Å². The van der Waals surface area contributed by atoms with E-state index in [0.29, 0.717) is 5.92 Å². The Morgan fingerprint density at radius 1 is 1.31 bits per heavy atom. The standard InChI is InChI=1S/C12H18O/c1-11(2)8-9-6-5-7-10(9)13-12(11,3)4/h5-7,9H,8H2,1-4H3. The molecule has 1 aliphatic heterocycles. The molecule has 0 amide bonds. The monoisotopic (exact) mass is 178 g/mol. The lowest BCUT2D eigenvalue weighted by molar-refractivity contribution is -0.107. The quantitative estimate of drug-likeness (QED) is 0.553. The van der Waals surface area contributed by atoms with E-state index in [-0.39, 0.29) is 11.0 Å². The number of hydrogen-bond donors (Lipinski definition) is 0. The molecule has 1 aliphatic carbocycles. The second-order valence-electron chi connectivity index (χ2n) is 5.26. The van der Waals surface area contributed by atoms with E-state index in [1.54, 1.807) is 0 Å². The van der Waals surface area contributed by atoms with Crippen molar-refractivity contribution in [1.82, 2.24) is 0 Å². The molecular formula is C12H18O. The third kappa shape index (κ3) is 1.21. The molecule has 1 atom stereocenters. The topological polar surface area (TPSA) is 9.23 Å². The smallest absolute Gasteiger partial charge is 0.108 e. The van der Waals surface area contributed by atoms with Crippen molar-refractivity contribution in [2.45, 2.75) is 39.7 Å². The predicted octanol–water partition coefficient (Wildman–Crippen LogP) is 3.28. The van der Waals surface area contributed by atoms with Gasteiger partial charge in [-0.1, -0.05) is 26.0 Å². The summed E-state index contributed by atoms with van der Waals surface area (Å²) < 4.78 is 6.01. The van der Waals surface area contributed by atoms with Crippen molar-refractivity contribution in [3.63, 3.8) is 0 Å². The average molecular weight is 178 g/mol. The first kappa shape index (κ1) is 8.86. The molecule has 0 spiro atoms. The molecule has 2 aliphatic rings. The lowest BCUT2D eigenvalue weighted by Gasteiger charge is -2.48. The molecule has 72 valence electrons. The fourth-order valence-corrected chi connectivity index (χ4v) is 2.01. The van der Waals surface area contributed by atoms with Crippen molar-refractivity contribution in [2.24, 2.45) is 11.3 Å². The van der Waals surface area contributed by atoms with E-state index in [4.69, 9.17) is 4.74 Å². The molecule has 13 heavy (non-hydrogen) atoms. The van der Waals surface area contributed by atoms with Gasteiger partial charge in [0.05, 0.1) is 0 Å². The molecule has 2 rings (SSSR count). The fraction of sp³-hybridized carbons (Fsp3) is 0.667. The first-order chi connectivity index (χ1) is 5.92. The van der Waals surface area contributed by atoms with Gasteiger partial charge in [0.1, 0.15) is 11.4 Å². The highest BCUT2D eigenvalue weighted by Gasteiger charge is 2.46. The van der Waals surface area contributed by atoms with E-state index in [1.807, 2.05) is 0 Å². The molecule has 0 aromatic heterocycles. The van der Waals surface area contributed by atoms with Crippen LogP contribution in [0.5, 0.6) is 0 Å². The Morgan fingerprint density at radius 3 is 2.69 bits per heavy atom. The fourth-order valence-electron chi connectivity index (χ4n) is 2.01. The van der Waals surface area contributed by atoms with Crippen molar-refractivity contribution >= 4 is 0 Å². The van der Waals surface area contributed by atoms with Crippen LogP contribution in [0.1, 0.15) is 34.1 Å². The maximum atomic E-state index is 6.01. The van der Waals surface area contributed by atoms with E-state index in [0.717, 1.165) is 5.76 Å². The minimum absolute atomic E-state index is 0.0403. The van der Waals surface area contributed by atoms with Crippen LogP contribution in [0.3, 0.4) is 0 Å². The van der Waals surface area contributed by atoms with Crippen molar-refractivity contribution in [1.29, 1.82) is 0 Å². The Bertz CT molecular complexity index is 281. The maximum Gasteiger partial charge on any atom is 0.108 e. The van der Waals surface area contributed by atoms with Gasteiger partial charge in [-0.3, -0.25) is 0 Å². The van der Waals surface area contributed by atoms with Crippen molar-refractivity contribution in [3.05, 3.63) is 24.0 Å². The second-order valence-corrected chi connectivity index (χ2v) is 5.26. The van der Waals surface area contributed by atoms with Gasteiger partial charge in [0.15, 0.2) is 0 Å². The zero-order chi connectivity index (χ0) is 9.69. The zero-order valence-corrected chi connectivity index (χ0v) is 8.92. The molecule has 1 unspecified atom stereocenters. The predicted molar refractivity (Wildman–Crippen MR) is 54.3 cm³/mol. The Kier molecular flexibility index (Phi) is 1.64. The third-order valence-corrected chi connectivity index (χ3v) is 3.70. The lowest BCUT2D eigenvalue weighted by atomic mass is 9.69. The minimum atomic E-state index is -0.0403. The van der Waals surface area contributed by atoms with Gasteiger partial charge >= 0.3 is 0 Å². The number of rotatable bonds is 0. The molecule has 0 aromatic rings. The normalized spacial score (nSPS) is 33.5. The van der Waals surface area contributed by atoms with Gasteiger partial charge in [-0.15, -0.1) is 0 Å². The zero-order valence-electron chi connectivity index (χ0n) is 8.92. The molecule has 1 heteroatoms. The molecule has 0 aromatic carbocycles. The summed E-state index contributed by atoms with van der Waals surface area (Å²) in [5.41, 5.74) is 0.213. The van der Waals surface area contributed by atoms with Gasteiger partial charge in [0, 0.05) is 11.3 Å². The van der Waals surface area contributed by atoms with Gasteiger partial charge in [0.2, 0.25) is 0 Å². The summed E-state index contributed by atoms with van der Waals surface area (Å²) in [6.07, 6.45) is 7.65. The SMILES string of the molecule is CC1(C)CC2C=CC=C2OC1(C)C. The second kappa shape index (κ2) is 2.40. The third-order valence-electron chi connectivity index (χ3n) is 3.70. The Labute approximate surface area is 80.5 Å². The van der Waals surface area contributed by atoms with Gasteiger partial charge in [-0.25, -0.2) is 0 Å². The van der Waals surface area contributed by atoms with Gasteiger partial charge in [-0.2, -0.15) is 0 Å². The van der Waals surface area contributed by atoms with E-state index >= 15 is 0 Å². The van der Waals surface area contributed by atoms with Crippen LogP contribution in [0, 0.1) is 11.3 Å². The summed E-state index contributed by atoms with van der Waals surface area (Å²) in [5.74, 6) is 1.69. The highest BCUT2D eigenvalue weighted by Crippen LogP contribution is 2.49. The van der Waals surface area contributed by atoms with Gasteiger partial charge in [-0.05, 0) is 26.3 Å². The Morgan fingerprint density at radius 2 is 2.00 bits per heavy atom. The molecule has 0 N–H and O–H groups in total. The summed E-state index contributed by atoms with van der Waals surface area (Å²) in [6, 6.07) is 0. The van der Waals surface area contributed by atoms with E-state index in [2.05, 4.69) is 45.9 Å². The number of fused-ring (bicyclic) bond motifs is 1. The van der Waals surface area contributed by atoms with E-state index in [9.17, 15) is 0 Å². The maximum absolute atomic E-state index is 6.01. The van der Waals surface area contributed by atoms with Crippen LogP contribution >= 0.6 is 0 Å². The molecule has 0 radical (unpaired) electrons. The van der Waals surface area contributed by atoms with Crippen molar-refractivity contribution in [3.8, 4) is 0 Å². The molecule has 1 saturated heterocycles. The van der Waals surface area contributed by atoms with Crippen LogP contribution < -0.4 is 0 Å². The highest BCUT2D eigenvalue weighted by molar-refractivity contribution is 5.26. The van der Waals surface area contributed by atoms with Crippen molar-refractivity contribution in [2.75, 3.05) is 0 Å². The van der Waals surface area contributed by atoms with E-state index in [1.165, 1.54) is 6.42 Å². The summed E-state index contributed by atoms with van der Waals surface area (Å²) in [5, 5.41) is 0. The Balaban J connectivity index is 2.29. The molecular weight excluding hydrogens is 160 g/mol. The molecule has 0 saturated carbocycles. The summed E-state index contributed by atoms with van der Waals surface area (Å²) in [7, 11) is 0. The number of hydrogen-bond acceptors (Lipinski definition) is 1. The van der Waals surface area contributed by atoms with E-state index < -0.39 is 0 Å². The van der Waals surface area contributed by atoms with Crippen LogP contribution in [0.15, 0.2) is 24.0 Å². The van der Waals surface area contributed by atoms with Crippen LogP contribution in [-0.2, 0) is 4.74 Å². The van der Waals surface area contributed by atoms with Crippen LogP contribution in [-0.4, -0.2) is 5.60 Å². The minimum Gasteiger partial charge on any atom is -0.491 e. The molecule has 1 fully saturated rings. The highest BCUT2D eigenvalue weighted by atomic mass is 16.5. The molecule has 1 nitrogen and oxygen atoms in total. The number of allylic oxidation sites excluding steroid dienone is 3. The molecule has 1 heterocycles. The Hall–Kier alpha value is -0.720. The molecule has 0 bridgehead atoms. The first-order valence-electron chi connectivity index (χ1n) is 5.00. The van der Waals surface area contributed by atoms with Gasteiger partial charge in [0.25, 0.3) is 0 Å². The summed E-state index contributed by atoms with van der Waals surface area (Å²) in [4.78, 5) is 0. The number of ether oxygens (including phenoxy) is 1. The summed E-state index contributed by atoms with van der Waals surface area (Å²) in [6.45, 7) is 8.94. The summed E-state index contributed by atoms with van der Waals surface area (Å²) >= 11 is 0. The van der Waals surface area contributed by atoms with Gasteiger partial charge < -0.3 is 4.74 Å². The van der Waals surface area contributed by atoms with Crippen molar-refractivity contribution < 1.29 is 4.74 Å². The lowest BCUT2D eigenvalue weighted by Crippen LogP contribution is -2.46. The first-order valence-corrected chi connectivity index (χ1v) is 5.00. The average Bonchev–Trinajstić information content (AvgIpc) is 2.33. The largest absolute Gasteiger partial charge is 0.491 e.